The molecule has 0 radical (unpaired) electrons. The van der Waals surface area contributed by atoms with Crippen molar-refractivity contribution in [3.8, 4) is 0 Å². The van der Waals surface area contributed by atoms with Crippen molar-refractivity contribution in [2.75, 3.05) is 23.3 Å². The number of anilines is 2. The van der Waals surface area contributed by atoms with Crippen molar-refractivity contribution >= 4 is 27.2 Å². The number of fused-ring (bicyclic) bond motifs is 1. The first-order chi connectivity index (χ1) is 11.6. The number of hydrogen-bond acceptors (Lipinski definition) is 4. The van der Waals surface area contributed by atoms with Gasteiger partial charge in [0.1, 0.15) is 10.7 Å². The third kappa shape index (κ3) is 2.45. The maximum Gasteiger partial charge on any atom is 0.285 e. The Morgan fingerprint density at radius 2 is 1.79 bits per heavy atom. The molecule has 0 unspecified atom stereocenters. The number of nitrogens with zero attached hydrogens (tertiary/aromatic N) is 2. The van der Waals surface area contributed by atoms with Gasteiger partial charge in [0.15, 0.2) is 5.84 Å². The second kappa shape index (κ2) is 5.59. The molecule has 7 heteroatoms. The molecule has 4 rings (SSSR count). The highest BCUT2D eigenvalue weighted by atomic mass is 32.2. The normalized spacial score (nSPS) is 18.4. The molecule has 1 N–H and O–H groups in total. The van der Waals surface area contributed by atoms with Gasteiger partial charge in [-0.1, -0.05) is 18.2 Å². The Bertz CT molecular complexity index is 935. The molecule has 2 aliphatic heterocycles. The summed E-state index contributed by atoms with van der Waals surface area (Å²) in [7, 11) is -3.86. The van der Waals surface area contributed by atoms with Gasteiger partial charge in [0.25, 0.3) is 10.0 Å². The number of sulfonamides is 1. The molecular formula is C17H16FN3O2S. The van der Waals surface area contributed by atoms with Gasteiger partial charge in [-0.2, -0.15) is 8.42 Å². The minimum Gasteiger partial charge on any atom is -0.370 e. The maximum atomic E-state index is 14.2. The standard InChI is InChI=1S/C17H16FN3O2S/c18-12-6-5-9-15-16(12)17(20-24(15,22)23)19-13-7-1-2-8-14(13)21-10-3-4-11-21/h1-2,5-9H,3-4,10-11H2,(H,19,20). The number of rotatable bonds is 2. The number of benzene rings is 2. The summed E-state index contributed by atoms with van der Waals surface area (Å²) in [4.78, 5) is 2.14. The largest absolute Gasteiger partial charge is 0.370 e. The van der Waals surface area contributed by atoms with Crippen LogP contribution in [-0.4, -0.2) is 27.3 Å². The summed E-state index contributed by atoms with van der Waals surface area (Å²) in [5.74, 6) is -0.562. The van der Waals surface area contributed by atoms with Crippen molar-refractivity contribution in [3.63, 3.8) is 0 Å². The van der Waals surface area contributed by atoms with Crippen LogP contribution in [0.1, 0.15) is 18.4 Å². The molecule has 2 heterocycles. The summed E-state index contributed by atoms with van der Waals surface area (Å²) in [6.07, 6.45) is 2.25. The average molecular weight is 345 g/mol. The molecule has 124 valence electrons. The smallest absolute Gasteiger partial charge is 0.285 e. The highest BCUT2D eigenvalue weighted by Gasteiger charge is 2.32. The van der Waals surface area contributed by atoms with Crippen LogP contribution < -0.4 is 10.2 Å². The maximum absolute atomic E-state index is 14.2. The zero-order valence-corrected chi connectivity index (χ0v) is 13.7. The summed E-state index contributed by atoms with van der Waals surface area (Å²) in [5, 5.41) is 3.03. The van der Waals surface area contributed by atoms with Gasteiger partial charge in [-0.15, -0.1) is 4.40 Å². The third-order valence-electron chi connectivity index (χ3n) is 4.31. The summed E-state index contributed by atoms with van der Waals surface area (Å²) < 4.78 is 42.2. The van der Waals surface area contributed by atoms with Gasteiger partial charge in [-0.25, -0.2) is 4.39 Å². The zero-order valence-electron chi connectivity index (χ0n) is 12.9. The van der Waals surface area contributed by atoms with E-state index < -0.39 is 15.8 Å². The van der Waals surface area contributed by atoms with Gasteiger partial charge < -0.3 is 10.2 Å². The Labute approximate surface area is 139 Å². The lowest BCUT2D eigenvalue weighted by Crippen LogP contribution is -2.21. The van der Waals surface area contributed by atoms with E-state index >= 15 is 0 Å². The molecule has 1 fully saturated rings. The van der Waals surface area contributed by atoms with Crippen molar-refractivity contribution in [1.29, 1.82) is 0 Å². The predicted octanol–water partition coefficient (Wildman–Crippen LogP) is 2.99. The van der Waals surface area contributed by atoms with Crippen LogP contribution >= 0.6 is 0 Å². The Balaban J connectivity index is 1.76. The molecule has 0 amide bonds. The van der Waals surface area contributed by atoms with Crippen molar-refractivity contribution in [2.45, 2.75) is 17.7 Å². The zero-order chi connectivity index (χ0) is 16.7. The van der Waals surface area contributed by atoms with Gasteiger partial charge in [0.2, 0.25) is 0 Å². The number of halogens is 1. The van der Waals surface area contributed by atoms with Crippen LogP contribution in [0.5, 0.6) is 0 Å². The van der Waals surface area contributed by atoms with Crippen molar-refractivity contribution < 1.29 is 12.8 Å². The summed E-state index contributed by atoms with van der Waals surface area (Å²) in [6, 6.07) is 11.6. The molecule has 2 aromatic carbocycles. The average Bonchev–Trinajstić information content (AvgIpc) is 3.16. The second-order valence-corrected chi connectivity index (χ2v) is 7.44. The van der Waals surface area contributed by atoms with Gasteiger partial charge in [-0.3, -0.25) is 0 Å². The van der Waals surface area contributed by atoms with Crippen molar-refractivity contribution in [3.05, 3.63) is 53.8 Å². The van der Waals surface area contributed by atoms with E-state index in [2.05, 4.69) is 14.6 Å². The minimum absolute atomic E-state index is 0.00808. The van der Waals surface area contributed by atoms with E-state index in [1.165, 1.54) is 18.2 Å². The predicted molar refractivity (Wildman–Crippen MR) is 91.6 cm³/mol. The van der Waals surface area contributed by atoms with Gasteiger partial charge >= 0.3 is 0 Å². The lowest BCUT2D eigenvalue weighted by Gasteiger charge is -2.22. The van der Waals surface area contributed by atoms with E-state index in [-0.39, 0.29) is 16.3 Å². The first kappa shape index (κ1) is 15.1. The monoisotopic (exact) mass is 345 g/mol. The SMILES string of the molecule is O=S1(=O)N=C(Nc2ccccc2N2CCCC2)c2c(F)cccc21. The van der Waals surface area contributed by atoms with E-state index in [4.69, 9.17) is 0 Å². The Kier molecular flexibility index (Phi) is 3.53. The highest BCUT2D eigenvalue weighted by Crippen LogP contribution is 2.33. The number of amidine groups is 1. The van der Waals surface area contributed by atoms with Gasteiger partial charge in [0.05, 0.1) is 16.9 Å². The lowest BCUT2D eigenvalue weighted by atomic mass is 10.1. The van der Waals surface area contributed by atoms with Crippen LogP contribution in [0.2, 0.25) is 0 Å². The van der Waals surface area contributed by atoms with E-state index in [1.54, 1.807) is 0 Å². The summed E-state index contributed by atoms with van der Waals surface area (Å²) in [5.41, 5.74) is 1.71. The van der Waals surface area contributed by atoms with E-state index in [0.717, 1.165) is 37.3 Å². The van der Waals surface area contributed by atoms with E-state index in [1.807, 2.05) is 24.3 Å². The molecule has 0 atom stereocenters. The first-order valence-electron chi connectivity index (χ1n) is 7.81. The minimum atomic E-state index is -3.86. The molecule has 5 nitrogen and oxygen atoms in total. The Morgan fingerprint density at radius 3 is 2.58 bits per heavy atom. The van der Waals surface area contributed by atoms with Crippen LogP contribution in [0, 0.1) is 5.82 Å². The first-order valence-corrected chi connectivity index (χ1v) is 9.25. The van der Waals surface area contributed by atoms with E-state index in [0.29, 0.717) is 0 Å². The van der Waals surface area contributed by atoms with Crippen LogP contribution in [-0.2, 0) is 10.0 Å². The Morgan fingerprint density at radius 1 is 1.04 bits per heavy atom. The number of hydrogen-bond donors (Lipinski definition) is 1. The van der Waals surface area contributed by atoms with Crippen molar-refractivity contribution in [1.82, 2.24) is 0 Å². The quantitative estimate of drug-likeness (QED) is 0.909. The molecule has 2 aromatic rings. The molecule has 0 aromatic heterocycles. The fourth-order valence-corrected chi connectivity index (χ4v) is 4.37. The van der Waals surface area contributed by atoms with Crippen LogP contribution in [0.25, 0.3) is 0 Å². The molecule has 24 heavy (non-hydrogen) atoms. The fourth-order valence-electron chi connectivity index (χ4n) is 3.19. The topological polar surface area (TPSA) is 61.8 Å². The molecule has 0 aliphatic carbocycles. The molecule has 2 aliphatic rings. The van der Waals surface area contributed by atoms with Gasteiger partial charge in [0, 0.05) is 13.1 Å². The molecule has 1 saturated heterocycles. The lowest BCUT2D eigenvalue weighted by molar-refractivity contribution is 0.595. The molecular weight excluding hydrogens is 329 g/mol. The van der Waals surface area contributed by atoms with Crippen molar-refractivity contribution in [2.24, 2.45) is 4.40 Å². The fraction of sp³-hybridized carbons (Fsp3) is 0.235. The van der Waals surface area contributed by atoms with E-state index in [9.17, 15) is 12.8 Å². The Hall–Kier alpha value is -2.41. The number of para-hydroxylation sites is 2. The third-order valence-corrected chi connectivity index (χ3v) is 5.62. The van der Waals surface area contributed by atoms with Gasteiger partial charge in [-0.05, 0) is 37.1 Å². The number of nitrogens with one attached hydrogen (secondary N) is 1. The van der Waals surface area contributed by atoms with Crippen LogP contribution in [0.3, 0.4) is 0 Å². The van der Waals surface area contributed by atoms with Crippen LogP contribution in [0.15, 0.2) is 51.8 Å². The highest BCUT2D eigenvalue weighted by molar-refractivity contribution is 7.90. The molecule has 0 bridgehead atoms. The summed E-state index contributed by atoms with van der Waals surface area (Å²) in [6.45, 7) is 1.91. The molecule has 0 spiro atoms. The van der Waals surface area contributed by atoms with Crippen LogP contribution in [0.4, 0.5) is 15.8 Å². The second-order valence-electron chi connectivity index (χ2n) is 5.86. The summed E-state index contributed by atoms with van der Waals surface area (Å²) >= 11 is 0. The molecule has 0 saturated carbocycles.